The van der Waals surface area contributed by atoms with Gasteiger partial charge in [-0.3, -0.25) is 19.7 Å². The fourth-order valence-corrected chi connectivity index (χ4v) is 2.30. The normalized spacial score (nSPS) is 15.9. The molecular weight excluding hydrogens is 309 g/mol. The molecule has 9 heteroatoms. The van der Waals surface area contributed by atoms with Gasteiger partial charge in [-0.15, -0.1) is 0 Å². The molecule has 1 heterocycles. The highest BCUT2D eigenvalue weighted by Crippen LogP contribution is 2.36. The number of halogens is 3. The third-order valence-electron chi connectivity index (χ3n) is 2.57. The van der Waals surface area contributed by atoms with Gasteiger partial charge in [-0.25, -0.2) is 0 Å². The first-order valence-corrected chi connectivity index (χ1v) is 6.54. The summed E-state index contributed by atoms with van der Waals surface area (Å²) in [6.07, 6.45) is 0. The second-order valence-corrected chi connectivity index (χ2v) is 5.34. The van der Waals surface area contributed by atoms with Gasteiger partial charge in [0.1, 0.15) is 13.1 Å². The van der Waals surface area contributed by atoms with E-state index in [9.17, 15) is 27.6 Å². The summed E-state index contributed by atoms with van der Waals surface area (Å²) in [5.41, 5.74) is -4.29. The number of hydrogen-bond acceptors (Lipinski definition) is 4. The number of carbonyl (C=O) groups excluding carboxylic acids is 3. The van der Waals surface area contributed by atoms with E-state index in [4.69, 9.17) is 0 Å². The number of imide groups is 1. The number of carbonyl (C=O) groups is 3. The molecular formula is C12H9F3N2O3S. The molecule has 2 rings (SSSR count). The maximum absolute atomic E-state index is 12.2. The molecule has 1 aromatic carbocycles. The first-order valence-electron chi connectivity index (χ1n) is 5.72. The molecule has 1 N–H and O–H groups in total. The van der Waals surface area contributed by atoms with Crippen LogP contribution in [0.4, 0.5) is 13.2 Å². The average Bonchev–Trinajstić information content (AvgIpc) is 2.35. The van der Waals surface area contributed by atoms with Gasteiger partial charge in [0.05, 0.1) is 0 Å². The van der Waals surface area contributed by atoms with Crippen molar-refractivity contribution in [1.82, 2.24) is 10.2 Å². The highest BCUT2D eigenvalue weighted by molar-refractivity contribution is 8.00. The Hall–Kier alpha value is -2.03. The van der Waals surface area contributed by atoms with Gasteiger partial charge >= 0.3 is 5.51 Å². The van der Waals surface area contributed by atoms with Gasteiger partial charge in [0, 0.05) is 10.5 Å². The van der Waals surface area contributed by atoms with Gasteiger partial charge in [0.25, 0.3) is 5.91 Å². The van der Waals surface area contributed by atoms with Crippen molar-refractivity contribution >= 4 is 29.5 Å². The molecule has 0 spiro atoms. The van der Waals surface area contributed by atoms with Crippen LogP contribution < -0.4 is 5.32 Å². The summed E-state index contributed by atoms with van der Waals surface area (Å²) >= 11 is -0.286. The Morgan fingerprint density at radius 2 is 1.62 bits per heavy atom. The van der Waals surface area contributed by atoms with Crippen LogP contribution in [-0.2, 0) is 9.59 Å². The van der Waals surface area contributed by atoms with Gasteiger partial charge in [0.2, 0.25) is 11.8 Å². The molecule has 3 amide bonds. The van der Waals surface area contributed by atoms with Gasteiger partial charge in [-0.2, -0.15) is 13.2 Å². The largest absolute Gasteiger partial charge is 0.446 e. The predicted octanol–water partition coefficient (Wildman–Crippen LogP) is 1.40. The highest BCUT2D eigenvalue weighted by atomic mass is 32.2. The average molecular weight is 318 g/mol. The smallest absolute Gasteiger partial charge is 0.320 e. The first-order chi connectivity index (χ1) is 9.74. The van der Waals surface area contributed by atoms with Gasteiger partial charge < -0.3 is 4.90 Å². The van der Waals surface area contributed by atoms with Crippen molar-refractivity contribution in [2.24, 2.45) is 0 Å². The predicted molar refractivity (Wildman–Crippen MR) is 67.4 cm³/mol. The second-order valence-electron chi connectivity index (χ2n) is 4.20. The van der Waals surface area contributed by atoms with Crippen LogP contribution in [0.25, 0.3) is 0 Å². The summed E-state index contributed by atoms with van der Waals surface area (Å²) in [6.45, 7) is -0.521. The lowest BCUT2D eigenvalue weighted by atomic mass is 10.2. The zero-order valence-corrected chi connectivity index (χ0v) is 11.3. The number of benzene rings is 1. The van der Waals surface area contributed by atoms with Crippen molar-refractivity contribution in [3.8, 4) is 0 Å². The first kappa shape index (κ1) is 15.4. The van der Waals surface area contributed by atoms with Crippen LogP contribution in [0.3, 0.4) is 0 Å². The van der Waals surface area contributed by atoms with Crippen LogP contribution >= 0.6 is 11.8 Å². The Bertz CT molecular complexity index is 570. The van der Waals surface area contributed by atoms with Gasteiger partial charge in [0.15, 0.2) is 0 Å². The van der Waals surface area contributed by atoms with E-state index in [1.807, 2.05) is 0 Å². The van der Waals surface area contributed by atoms with Crippen LogP contribution in [0.5, 0.6) is 0 Å². The zero-order chi connectivity index (χ0) is 15.6. The summed E-state index contributed by atoms with van der Waals surface area (Å²) in [7, 11) is 0. The number of hydrogen-bond donors (Lipinski definition) is 1. The fourth-order valence-electron chi connectivity index (χ4n) is 1.76. The van der Waals surface area contributed by atoms with E-state index < -0.39 is 23.2 Å². The van der Waals surface area contributed by atoms with E-state index in [0.29, 0.717) is 0 Å². The van der Waals surface area contributed by atoms with Crippen LogP contribution in [0.15, 0.2) is 29.2 Å². The van der Waals surface area contributed by atoms with Crippen molar-refractivity contribution < 1.29 is 27.6 Å². The van der Waals surface area contributed by atoms with Crippen molar-refractivity contribution in [2.45, 2.75) is 10.4 Å². The number of amides is 3. The summed E-state index contributed by atoms with van der Waals surface area (Å²) in [4.78, 5) is 35.4. The lowest BCUT2D eigenvalue weighted by Gasteiger charge is -2.25. The van der Waals surface area contributed by atoms with Crippen molar-refractivity contribution in [2.75, 3.05) is 13.1 Å². The van der Waals surface area contributed by atoms with E-state index in [-0.39, 0.29) is 35.3 Å². The minimum absolute atomic E-state index is 0.0495. The number of nitrogens with one attached hydrogen (secondary N) is 1. The quantitative estimate of drug-likeness (QED) is 0.661. The Kier molecular flexibility index (Phi) is 4.21. The van der Waals surface area contributed by atoms with E-state index in [1.165, 1.54) is 12.1 Å². The molecule has 112 valence electrons. The number of alkyl halides is 3. The number of thioether (sulfide) groups is 1. The van der Waals surface area contributed by atoms with Crippen LogP contribution in [0, 0.1) is 0 Å². The molecule has 0 aromatic heterocycles. The minimum Gasteiger partial charge on any atom is -0.320 e. The van der Waals surface area contributed by atoms with Crippen molar-refractivity contribution in [3.63, 3.8) is 0 Å². The Labute approximate surface area is 121 Å². The lowest BCUT2D eigenvalue weighted by molar-refractivity contribution is -0.135. The third-order valence-corrected chi connectivity index (χ3v) is 3.31. The molecule has 1 aromatic rings. The van der Waals surface area contributed by atoms with Gasteiger partial charge in [-0.05, 0) is 36.0 Å². The van der Waals surface area contributed by atoms with Gasteiger partial charge in [-0.1, -0.05) is 0 Å². The number of nitrogens with zero attached hydrogens (tertiary/aromatic N) is 1. The molecule has 0 aliphatic carbocycles. The molecule has 0 radical (unpaired) electrons. The number of piperazine rings is 1. The summed E-state index contributed by atoms with van der Waals surface area (Å²) in [5, 5.41) is 2.05. The Balaban J connectivity index is 2.09. The molecule has 0 saturated carbocycles. The molecule has 5 nitrogen and oxygen atoms in total. The molecule has 21 heavy (non-hydrogen) atoms. The number of rotatable bonds is 2. The highest BCUT2D eigenvalue weighted by Gasteiger charge is 2.30. The second kappa shape index (κ2) is 5.76. The van der Waals surface area contributed by atoms with E-state index in [1.54, 1.807) is 0 Å². The monoisotopic (exact) mass is 318 g/mol. The maximum atomic E-state index is 12.2. The molecule has 1 saturated heterocycles. The van der Waals surface area contributed by atoms with Crippen molar-refractivity contribution in [1.29, 1.82) is 0 Å². The minimum atomic E-state index is -4.40. The molecule has 1 aliphatic heterocycles. The topological polar surface area (TPSA) is 66.5 Å². The molecule has 0 atom stereocenters. The maximum Gasteiger partial charge on any atom is 0.446 e. The lowest BCUT2D eigenvalue weighted by Crippen LogP contribution is -2.53. The van der Waals surface area contributed by atoms with E-state index in [0.717, 1.165) is 17.0 Å². The molecule has 1 aliphatic rings. The van der Waals surface area contributed by atoms with Crippen molar-refractivity contribution in [3.05, 3.63) is 29.8 Å². The standard InChI is InChI=1S/C12H9F3N2O3S/c13-12(14,15)21-8-3-1-7(2-4-8)11(20)17-5-9(18)16-10(19)6-17/h1-4H,5-6H2,(H,16,18,19). The van der Waals surface area contributed by atoms with Crippen LogP contribution in [-0.4, -0.2) is 41.2 Å². The Morgan fingerprint density at radius 1 is 1.10 bits per heavy atom. The summed E-state index contributed by atoms with van der Waals surface area (Å²) < 4.78 is 36.5. The third kappa shape index (κ3) is 4.22. The van der Waals surface area contributed by atoms with E-state index in [2.05, 4.69) is 5.32 Å². The summed E-state index contributed by atoms with van der Waals surface area (Å²) in [6, 6.07) is 4.79. The van der Waals surface area contributed by atoms with Crippen LogP contribution in [0.1, 0.15) is 10.4 Å². The van der Waals surface area contributed by atoms with Crippen LogP contribution in [0.2, 0.25) is 0 Å². The SMILES string of the molecule is O=C1CN(C(=O)c2ccc(SC(F)(F)F)cc2)CC(=O)N1. The zero-order valence-electron chi connectivity index (χ0n) is 10.4. The summed E-state index contributed by atoms with van der Waals surface area (Å²) in [5.74, 6) is -1.77. The molecule has 0 bridgehead atoms. The fraction of sp³-hybridized carbons (Fsp3) is 0.250. The molecule has 0 unspecified atom stereocenters. The Morgan fingerprint density at radius 3 is 2.10 bits per heavy atom. The van der Waals surface area contributed by atoms with E-state index >= 15 is 0 Å². The molecule has 1 fully saturated rings.